The van der Waals surface area contributed by atoms with Crippen LogP contribution in [0.5, 0.6) is 5.75 Å². The van der Waals surface area contributed by atoms with Gasteiger partial charge in [-0.05, 0) is 31.2 Å². The number of nitrogens with one attached hydrogen (secondary N) is 1. The van der Waals surface area contributed by atoms with Crippen molar-refractivity contribution >= 4 is 17.3 Å². The van der Waals surface area contributed by atoms with Crippen molar-refractivity contribution in [1.29, 1.82) is 5.26 Å². The third-order valence-electron chi connectivity index (χ3n) is 3.09. The molecule has 1 amide bonds. The highest BCUT2D eigenvalue weighted by Crippen LogP contribution is 2.22. The van der Waals surface area contributed by atoms with Crippen LogP contribution >= 0.6 is 0 Å². The predicted molar refractivity (Wildman–Crippen MR) is 82.9 cm³/mol. The molecule has 24 heavy (non-hydrogen) atoms. The maximum atomic E-state index is 13.3. The van der Waals surface area contributed by atoms with Gasteiger partial charge < -0.3 is 10.1 Å². The van der Waals surface area contributed by atoms with E-state index in [-0.39, 0.29) is 17.0 Å². The van der Waals surface area contributed by atoms with Crippen LogP contribution in [0.25, 0.3) is 0 Å². The number of nitrogens with zero attached hydrogens (tertiary/aromatic N) is 2. The zero-order valence-electron chi connectivity index (χ0n) is 12.5. The fourth-order valence-electron chi connectivity index (χ4n) is 1.88. The number of carbonyl (C=O) groups excluding carboxylic acids is 1. The quantitative estimate of drug-likeness (QED) is 0.670. The van der Waals surface area contributed by atoms with Gasteiger partial charge in [0.15, 0.2) is 6.10 Å². The summed E-state index contributed by atoms with van der Waals surface area (Å²) in [6.07, 6.45) is -0.969. The average Bonchev–Trinajstić information content (AvgIpc) is 2.56. The molecule has 2 aromatic rings. The summed E-state index contributed by atoms with van der Waals surface area (Å²) in [5.74, 6) is -1.35. The third kappa shape index (κ3) is 3.84. The van der Waals surface area contributed by atoms with Gasteiger partial charge >= 0.3 is 5.69 Å². The predicted octanol–water partition coefficient (Wildman–Crippen LogP) is 3.01. The number of anilines is 1. The van der Waals surface area contributed by atoms with Gasteiger partial charge in [0.2, 0.25) is 5.82 Å². The molecule has 0 bridgehead atoms. The van der Waals surface area contributed by atoms with Crippen molar-refractivity contribution < 1.29 is 18.8 Å². The molecule has 0 aliphatic heterocycles. The van der Waals surface area contributed by atoms with Crippen molar-refractivity contribution in [2.75, 3.05) is 5.32 Å². The Kier molecular flexibility index (Phi) is 5.06. The molecule has 0 spiro atoms. The average molecular weight is 329 g/mol. The van der Waals surface area contributed by atoms with E-state index in [1.165, 1.54) is 13.0 Å². The summed E-state index contributed by atoms with van der Waals surface area (Å²) in [6.45, 7) is 1.46. The van der Waals surface area contributed by atoms with Gasteiger partial charge in [0.1, 0.15) is 11.8 Å². The molecule has 1 atom stereocenters. The van der Waals surface area contributed by atoms with Gasteiger partial charge in [-0.2, -0.15) is 9.65 Å². The van der Waals surface area contributed by atoms with Crippen molar-refractivity contribution in [3.8, 4) is 11.8 Å². The van der Waals surface area contributed by atoms with Gasteiger partial charge in [0.25, 0.3) is 5.91 Å². The third-order valence-corrected chi connectivity index (χ3v) is 3.09. The minimum Gasteiger partial charge on any atom is -0.480 e. The van der Waals surface area contributed by atoms with Crippen LogP contribution in [0, 0.1) is 27.3 Å². The van der Waals surface area contributed by atoms with Crippen LogP contribution in [0.15, 0.2) is 42.5 Å². The molecule has 122 valence electrons. The van der Waals surface area contributed by atoms with Crippen molar-refractivity contribution in [2.24, 2.45) is 0 Å². The molecule has 0 radical (unpaired) electrons. The molecule has 0 saturated carbocycles. The van der Waals surface area contributed by atoms with Crippen molar-refractivity contribution in [1.82, 2.24) is 0 Å². The topological polar surface area (TPSA) is 105 Å². The van der Waals surface area contributed by atoms with E-state index >= 15 is 0 Å². The molecule has 0 heterocycles. The van der Waals surface area contributed by atoms with Crippen molar-refractivity contribution in [3.05, 3.63) is 64.0 Å². The largest absolute Gasteiger partial charge is 0.480 e. The number of hydrogen-bond donors (Lipinski definition) is 1. The summed E-state index contributed by atoms with van der Waals surface area (Å²) in [6, 6.07) is 11.4. The number of hydrogen-bond acceptors (Lipinski definition) is 5. The van der Waals surface area contributed by atoms with E-state index in [9.17, 15) is 19.3 Å². The Morgan fingerprint density at radius 2 is 2.08 bits per heavy atom. The number of para-hydroxylation sites is 1. The highest BCUT2D eigenvalue weighted by Gasteiger charge is 2.19. The Bertz CT molecular complexity index is 832. The molecule has 2 aromatic carbocycles. The monoisotopic (exact) mass is 329 g/mol. The normalized spacial score (nSPS) is 11.2. The fraction of sp³-hybridized carbons (Fsp3) is 0.125. The van der Waals surface area contributed by atoms with Crippen LogP contribution in [0.3, 0.4) is 0 Å². The van der Waals surface area contributed by atoms with Crippen LogP contribution in [0.4, 0.5) is 15.8 Å². The minimum absolute atomic E-state index is 0.0668. The highest BCUT2D eigenvalue weighted by atomic mass is 19.1. The van der Waals surface area contributed by atoms with Crippen LogP contribution in [0.1, 0.15) is 12.5 Å². The Balaban J connectivity index is 2.11. The Hall–Kier alpha value is -3.47. The number of nitro benzene ring substituents is 1. The SMILES string of the molecule is C[C@H](Oc1ccccc1C#N)C(=O)Nc1ccc(F)c([N+](=O)[O-])c1. The summed E-state index contributed by atoms with van der Waals surface area (Å²) in [5.41, 5.74) is -0.400. The summed E-state index contributed by atoms with van der Waals surface area (Å²) < 4.78 is 18.7. The fourth-order valence-corrected chi connectivity index (χ4v) is 1.88. The maximum Gasteiger partial charge on any atom is 0.306 e. The number of benzene rings is 2. The van der Waals surface area contributed by atoms with Gasteiger partial charge in [0, 0.05) is 11.8 Å². The first-order valence-corrected chi connectivity index (χ1v) is 6.83. The first-order chi connectivity index (χ1) is 11.4. The molecule has 0 aromatic heterocycles. The maximum absolute atomic E-state index is 13.3. The molecule has 0 aliphatic carbocycles. The number of nitro groups is 1. The van der Waals surface area contributed by atoms with Crippen LogP contribution in [0.2, 0.25) is 0 Å². The van der Waals surface area contributed by atoms with Gasteiger partial charge in [-0.1, -0.05) is 12.1 Å². The number of nitriles is 1. The van der Waals surface area contributed by atoms with E-state index in [2.05, 4.69) is 5.32 Å². The number of carbonyl (C=O) groups is 1. The van der Waals surface area contributed by atoms with E-state index in [0.717, 1.165) is 12.1 Å². The molecule has 0 saturated heterocycles. The number of rotatable bonds is 5. The minimum atomic E-state index is -0.995. The lowest BCUT2D eigenvalue weighted by Crippen LogP contribution is -2.30. The number of halogens is 1. The second-order valence-electron chi connectivity index (χ2n) is 4.78. The number of amides is 1. The summed E-state index contributed by atoms with van der Waals surface area (Å²) in [5, 5.41) is 22.1. The van der Waals surface area contributed by atoms with Gasteiger partial charge in [-0.15, -0.1) is 0 Å². The molecule has 1 N–H and O–H groups in total. The second-order valence-corrected chi connectivity index (χ2v) is 4.78. The first kappa shape index (κ1) is 16.9. The molecule has 7 nitrogen and oxygen atoms in total. The lowest BCUT2D eigenvalue weighted by molar-refractivity contribution is -0.387. The smallest absolute Gasteiger partial charge is 0.306 e. The Labute approximate surface area is 136 Å². The lowest BCUT2D eigenvalue weighted by Gasteiger charge is -2.15. The van der Waals surface area contributed by atoms with E-state index in [1.54, 1.807) is 24.3 Å². The zero-order chi connectivity index (χ0) is 17.7. The summed E-state index contributed by atoms with van der Waals surface area (Å²) in [7, 11) is 0. The standard InChI is InChI=1S/C16H12FN3O4/c1-10(24-15-5-3-2-4-11(15)9-18)16(21)19-12-6-7-13(17)14(8-12)20(22)23/h2-8,10H,1H3,(H,19,21)/t10-/m0/s1. The van der Waals surface area contributed by atoms with Gasteiger partial charge in [-0.3, -0.25) is 14.9 Å². The Morgan fingerprint density at radius 1 is 1.38 bits per heavy atom. The van der Waals surface area contributed by atoms with Gasteiger partial charge in [0.05, 0.1) is 10.5 Å². The van der Waals surface area contributed by atoms with Crippen LogP contribution in [-0.4, -0.2) is 16.9 Å². The molecular weight excluding hydrogens is 317 g/mol. The van der Waals surface area contributed by atoms with E-state index < -0.39 is 28.4 Å². The van der Waals surface area contributed by atoms with Gasteiger partial charge in [-0.25, -0.2) is 0 Å². The second kappa shape index (κ2) is 7.19. The lowest BCUT2D eigenvalue weighted by atomic mass is 10.2. The van der Waals surface area contributed by atoms with E-state index in [4.69, 9.17) is 10.00 Å². The molecule has 8 heteroatoms. The van der Waals surface area contributed by atoms with Crippen molar-refractivity contribution in [2.45, 2.75) is 13.0 Å². The molecule has 2 rings (SSSR count). The molecular formula is C16H12FN3O4. The molecule has 0 aliphatic rings. The van der Waals surface area contributed by atoms with Crippen LogP contribution in [-0.2, 0) is 4.79 Å². The first-order valence-electron chi connectivity index (χ1n) is 6.83. The van der Waals surface area contributed by atoms with Crippen molar-refractivity contribution in [3.63, 3.8) is 0 Å². The van der Waals surface area contributed by atoms with E-state index in [0.29, 0.717) is 0 Å². The summed E-state index contributed by atoms with van der Waals surface area (Å²) in [4.78, 5) is 21.9. The summed E-state index contributed by atoms with van der Waals surface area (Å²) >= 11 is 0. The molecule has 0 unspecified atom stereocenters. The Morgan fingerprint density at radius 3 is 2.75 bits per heavy atom. The van der Waals surface area contributed by atoms with Crippen LogP contribution < -0.4 is 10.1 Å². The van der Waals surface area contributed by atoms with E-state index in [1.807, 2.05) is 6.07 Å². The zero-order valence-corrected chi connectivity index (χ0v) is 12.5. The molecule has 0 fully saturated rings. The highest BCUT2D eigenvalue weighted by molar-refractivity contribution is 5.94. The number of ether oxygens (including phenoxy) is 1.